The molecule has 18 heavy (non-hydrogen) atoms. The molecule has 0 radical (unpaired) electrons. The Morgan fingerprint density at radius 1 is 1.61 bits per heavy atom. The second-order valence-electron chi connectivity index (χ2n) is 4.45. The van der Waals surface area contributed by atoms with Crippen LogP contribution in [0.25, 0.3) is 0 Å². The van der Waals surface area contributed by atoms with Crippen LogP contribution in [-0.4, -0.2) is 47.8 Å². The predicted molar refractivity (Wildman–Crippen MR) is 71.5 cm³/mol. The third kappa shape index (κ3) is 2.91. The summed E-state index contributed by atoms with van der Waals surface area (Å²) in [6, 6.07) is 7.35. The summed E-state index contributed by atoms with van der Waals surface area (Å²) in [4.78, 5) is 14.1. The average molecular weight is 314 g/mol. The molecule has 0 bridgehead atoms. The van der Waals surface area contributed by atoms with Crippen molar-refractivity contribution in [2.24, 2.45) is 0 Å². The molecule has 98 valence electrons. The quantitative estimate of drug-likeness (QED) is 0.903. The Morgan fingerprint density at radius 3 is 3.06 bits per heavy atom. The van der Waals surface area contributed by atoms with E-state index >= 15 is 0 Å². The first-order valence-electron chi connectivity index (χ1n) is 5.91. The summed E-state index contributed by atoms with van der Waals surface area (Å²) in [5.41, 5.74) is 0.648. The molecule has 1 aliphatic heterocycles. The number of morpholine rings is 1. The van der Waals surface area contributed by atoms with Gasteiger partial charge >= 0.3 is 0 Å². The molecule has 0 aromatic heterocycles. The van der Waals surface area contributed by atoms with Crippen LogP contribution in [0.3, 0.4) is 0 Å². The summed E-state index contributed by atoms with van der Waals surface area (Å²) in [5, 5.41) is 9.12. The maximum absolute atomic E-state index is 12.4. The van der Waals surface area contributed by atoms with E-state index in [1.54, 1.807) is 17.0 Å². The van der Waals surface area contributed by atoms with E-state index in [0.29, 0.717) is 18.7 Å². The average Bonchev–Trinajstić information content (AvgIpc) is 2.38. The number of aliphatic hydroxyl groups is 1. The van der Waals surface area contributed by atoms with Crippen molar-refractivity contribution in [2.75, 3.05) is 19.8 Å². The summed E-state index contributed by atoms with van der Waals surface area (Å²) >= 11 is 3.36. The normalized spacial score (nSPS) is 24.1. The molecule has 1 N–H and O–H groups in total. The number of amides is 1. The lowest BCUT2D eigenvalue weighted by Gasteiger charge is -2.37. The summed E-state index contributed by atoms with van der Waals surface area (Å²) in [7, 11) is 0. The van der Waals surface area contributed by atoms with Crippen molar-refractivity contribution >= 4 is 21.8 Å². The molecule has 2 rings (SSSR count). The lowest BCUT2D eigenvalue weighted by Crippen LogP contribution is -2.52. The van der Waals surface area contributed by atoms with Gasteiger partial charge in [0.2, 0.25) is 0 Å². The summed E-state index contributed by atoms with van der Waals surface area (Å²) in [6.07, 6.45) is -0.280. The van der Waals surface area contributed by atoms with E-state index in [1.807, 2.05) is 19.1 Å². The van der Waals surface area contributed by atoms with Crippen LogP contribution < -0.4 is 0 Å². The van der Waals surface area contributed by atoms with E-state index in [4.69, 9.17) is 9.84 Å². The van der Waals surface area contributed by atoms with Gasteiger partial charge in [-0.3, -0.25) is 4.79 Å². The van der Waals surface area contributed by atoms with Crippen molar-refractivity contribution in [3.8, 4) is 0 Å². The van der Waals surface area contributed by atoms with E-state index in [-0.39, 0.29) is 24.7 Å². The Kier molecular flexibility index (Phi) is 4.37. The topological polar surface area (TPSA) is 49.8 Å². The fraction of sp³-hybridized carbons (Fsp3) is 0.462. The van der Waals surface area contributed by atoms with Gasteiger partial charge in [-0.25, -0.2) is 0 Å². The Morgan fingerprint density at radius 2 is 2.39 bits per heavy atom. The number of hydrogen-bond acceptors (Lipinski definition) is 3. The highest BCUT2D eigenvalue weighted by atomic mass is 79.9. The van der Waals surface area contributed by atoms with Gasteiger partial charge < -0.3 is 14.7 Å². The highest BCUT2D eigenvalue weighted by molar-refractivity contribution is 9.10. The molecule has 1 aromatic rings. The second-order valence-corrected chi connectivity index (χ2v) is 5.37. The Balaban J connectivity index is 2.16. The van der Waals surface area contributed by atoms with Crippen LogP contribution in [0.4, 0.5) is 0 Å². The number of hydrogen-bond donors (Lipinski definition) is 1. The third-order valence-electron chi connectivity index (χ3n) is 3.04. The van der Waals surface area contributed by atoms with Gasteiger partial charge in [-0.1, -0.05) is 22.0 Å². The van der Waals surface area contributed by atoms with Crippen LogP contribution in [-0.2, 0) is 4.74 Å². The zero-order valence-corrected chi connectivity index (χ0v) is 11.8. The zero-order chi connectivity index (χ0) is 13.1. The number of rotatable bonds is 2. The standard InChI is InChI=1S/C13H16BrNO3/c1-9-8-18-12(7-16)6-15(9)13(17)10-3-2-4-11(14)5-10/h2-5,9,12,16H,6-8H2,1H3. The van der Waals surface area contributed by atoms with Crippen LogP contribution in [0.5, 0.6) is 0 Å². The molecule has 4 nitrogen and oxygen atoms in total. The number of benzene rings is 1. The molecular formula is C13H16BrNO3. The summed E-state index contributed by atoms with van der Waals surface area (Å²) in [5.74, 6) is -0.0226. The van der Waals surface area contributed by atoms with Crippen LogP contribution in [0, 0.1) is 0 Å². The van der Waals surface area contributed by atoms with E-state index in [2.05, 4.69) is 15.9 Å². The first kappa shape index (κ1) is 13.5. The monoisotopic (exact) mass is 313 g/mol. The number of carbonyl (C=O) groups is 1. The lowest BCUT2D eigenvalue weighted by atomic mass is 10.1. The molecule has 0 saturated carbocycles. The molecule has 1 saturated heterocycles. The van der Waals surface area contributed by atoms with Gasteiger partial charge in [0.1, 0.15) is 0 Å². The molecule has 1 fully saturated rings. The Bertz CT molecular complexity index is 438. The van der Waals surface area contributed by atoms with Crippen molar-refractivity contribution < 1.29 is 14.6 Å². The number of ether oxygens (including phenoxy) is 1. The number of carbonyl (C=O) groups excluding carboxylic acids is 1. The van der Waals surface area contributed by atoms with Crippen molar-refractivity contribution in [3.63, 3.8) is 0 Å². The molecular weight excluding hydrogens is 298 g/mol. The predicted octanol–water partition coefficient (Wildman–Crippen LogP) is 1.67. The first-order chi connectivity index (χ1) is 8.61. The van der Waals surface area contributed by atoms with Gasteiger partial charge in [0, 0.05) is 16.6 Å². The highest BCUT2D eigenvalue weighted by Gasteiger charge is 2.29. The number of halogens is 1. The second kappa shape index (κ2) is 5.82. The van der Waals surface area contributed by atoms with Gasteiger partial charge in [0.05, 0.1) is 25.4 Å². The minimum atomic E-state index is -0.280. The van der Waals surface area contributed by atoms with Gasteiger partial charge in [-0.2, -0.15) is 0 Å². The molecule has 2 unspecified atom stereocenters. The molecule has 5 heteroatoms. The maximum Gasteiger partial charge on any atom is 0.254 e. The fourth-order valence-corrected chi connectivity index (χ4v) is 2.40. The summed E-state index contributed by atoms with van der Waals surface area (Å²) < 4.78 is 6.31. The van der Waals surface area contributed by atoms with Crippen molar-refractivity contribution in [2.45, 2.75) is 19.1 Å². The van der Waals surface area contributed by atoms with Crippen LogP contribution in [0.1, 0.15) is 17.3 Å². The molecule has 1 aromatic carbocycles. The van der Waals surface area contributed by atoms with E-state index in [0.717, 1.165) is 4.47 Å². The first-order valence-corrected chi connectivity index (χ1v) is 6.70. The smallest absolute Gasteiger partial charge is 0.254 e. The van der Waals surface area contributed by atoms with Crippen LogP contribution in [0.15, 0.2) is 28.7 Å². The van der Waals surface area contributed by atoms with Crippen LogP contribution >= 0.6 is 15.9 Å². The molecule has 0 aliphatic carbocycles. The molecule has 1 amide bonds. The summed E-state index contributed by atoms with van der Waals surface area (Å²) in [6.45, 7) is 2.78. The minimum absolute atomic E-state index is 0.0226. The molecule has 2 atom stereocenters. The molecule has 1 heterocycles. The van der Waals surface area contributed by atoms with Gasteiger partial charge in [0.15, 0.2) is 0 Å². The van der Waals surface area contributed by atoms with Crippen LogP contribution in [0.2, 0.25) is 0 Å². The zero-order valence-electron chi connectivity index (χ0n) is 10.2. The highest BCUT2D eigenvalue weighted by Crippen LogP contribution is 2.18. The largest absolute Gasteiger partial charge is 0.394 e. The Labute approximate surface area is 115 Å². The molecule has 0 spiro atoms. The minimum Gasteiger partial charge on any atom is -0.394 e. The third-order valence-corrected chi connectivity index (χ3v) is 3.53. The van der Waals surface area contributed by atoms with Crippen molar-refractivity contribution in [1.82, 2.24) is 4.90 Å². The van der Waals surface area contributed by atoms with E-state index in [9.17, 15) is 4.79 Å². The van der Waals surface area contributed by atoms with Gasteiger partial charge in [0.25, 0.3) is 5.91 Å². The Hall–Kier alpha value is -0.910. The van der Waals surface area contributed by atoms with E-state index in [1.165, 1.54) is 0 Å². The van der Waals surface area contributed by atoms with Gasteiger partial charge in [-0.15, -0.1) is 0 Å². The van der Waals surface area contributed by atoms with E-state index < -0.39 is 0 Å². The maximum atomic E-state index is 12.4. The SMILES string of the molecule is CC1COC(CO)CN1C(=O)c1cccc(Br)c1. The molecule has 1 aliphatic rings. The van der Waals surface area contributed by atoms with Gasteiger partial charge in [-0.05, 0) is 25.1 Å². The number of nitrogens with zero attached hydrogens (tertiary/aromatic N) is 1. The lowest BCUT2D eigenvalue weighted by molar-refractivity contribution is -0.0667. The fourth-order valence-electron chi connectivity index (χ4n) is 2.00. The van der Waals surface area contributed by atoms with Crippen molar-refractivity contribution in [1.29, 1.82) is 0 Å². The van der Waals surface area contributed by atoms with Crippen molar-refractivity contribution in [3.05, 3.63) is 34.3 Å². The number of aliphatic hydroxyl groups excluding tert-OH is 1.